The smallest absolute Gasteiger partial charge is 0.244 e. The van der Waals surface area contributed by atoms with Gasteiger partial charge in [-0.15, -0.1) is 0 Å². The van der Waals surface area contributed by atoms with Crippen molar-refractivity contribution in [2.24, 2.45) is 0 Å². The van der Waals surface area contributed by atoms with Gasteiger partial charge >= 0.3 is 0 Å². The molecule has 0 spiro atoms. The van der Waals surface area contributed by atoms with E-state index in [0.29, 0.717) is 48.8 Å². The number of sulfonamides is 1. The summed E-state index contributed by atoms with van der Waals surface area (Å²) in [6.45, 7) is 1.34. The Morgan fingerprint density at radius 1 is 1.22 bits per heavy atom. The van der Waals surface area contributed by atoms with Gasteiger partial charge in [0.05, 0.1) is 30.5 Å². The van der Waals surface area contributed by atoms with Crippen LogP contribution in [-0.2, 0) is 19.6 Å². The summed E-state index contributed by atoms with van der Waals surface area (Å²) in [4.78, 5) is 16.7. The van der Waals surface area contributed by atoms with Crippen LogP contribution in [0.15, 0.2) is 41.4 Å². The zero-order valence-corrected chi connectivity index (χ0v) is 15.1. The molecule has 1 N–H and O–H groups in total. The molecule has 1 fully saturated rings. The second-order valence-electron chi connectivity index (χ2n) is 6.27. The van der Waals surface area contributed by atoms with Crippen molar-refractivity contribution in [3.8, 4) is 6.07 Å². The third kappa shape index (κ3) is 3.08. The molecule has 138 valence electrons. The third-order valence-corrected chi connectivity index (χ3v) is 6.56. The van der Waals surface area contributed by atoms with Gasteiger partial charge in [0.25, 0.3) is 0 Å². The molecule has 1 atom stereocenters. The number of nitrogens with zero attached hydrogens (tertiary/aromatic N) is 3. The van der Waals surface area contributed by atoms with Crippen LogP contribution in [0.25, 0.3) is 0 Å². The fourth-order valence-corrected chi connectivity index (χ4v) is 4.63. The second-order valence-corrected chi connectivity index (χ2v) is 8.21. The third-order valence-electron chi connectivity index (χ3n) is 4.67. The van der Waals surface area contributed by atoms with Crippen LogP contribution in [0.1, 0.15) is 22.7 Å². The van der Waals surface area contributed by atoms with Gasteiger partial charge in [-0.1, -0.05) is 0 Å². The number of hydrogen-bond acceptors (Lipinski definition) is 6. The Hall–Kier alpha value is -2.80. The summed E-state index contributed by atoms with van der Waals surface area (Å²) in [5, 5.41) is 11.9. The number of nitrogens with one attached hydrogen (secondary N) is 1. The van der Waals surface area contributed by atoms with Gasteiger partial charge in [-0.3, -0.25) is 9.78 Å². The molecule has 3 heterocycles. The number of carbonyl (C=O) groups is 1. The zero-order valence-electron chi connectivity index (χ0n) is 14.3. The van der Waals surface area contributed by atoms with Gasteiger partial charge in [-0.05, 0) is 35.9 Å². The average Bonchev–Trinajstić information content (AvgIpc) is 3.03. The maximum absolute atomic E-state index is 12.7. The van der Waals surface area contributed by atoms with Gasteiger partial charge < -0.3 is 10.1 Å². The minimum atomic E-state index is -3.64. The normalized spacial score (nSPS) is 20.0. The van der Waals surface area contributed by atoms with Crippen molar-refractivity contribution in [2.75, 3.05) is 31.6 Å². The van der Waals surface area contributed by atoms with Crippen molar-refractivity contribution in [1.29, 1.82) is 5.26 Å². The number of hydrogen-bond donors (Lipinski definition) is 1. The van der Waals surface area contributed by atoms with Gasteiger partial charge in [0.1, 0.15) is 10.8 Å². The fourth-order valence-electron chi connectivity index (χ4n) is 3.28. The molecular weight excluding hydrogens is 368 g/mol. The fraction of sp³-hybridized carbons (Fsp3) is 0.278. The number of fused-ring (bicyclic) bond motifs is 1. The topological polar surface area (TPSA) is 112 Å². The van der Waals surface area contributed by atoms with Crippen molar-refractivity contribution >= 4 is 21.6 Å². The van der Waals surface area contributed by atoms with E-state index in [4.69, 9.17) is 10.00 Å². The van der Waals surface area contributed by atoms with E-state index in [1.165, 1.54) is 16.6 Å². The summed E-state index contributed by atoms with van der Waals surface area (Å²) >= 11 is 0. The van der Waals surface area contributed by atoms with Crippen LogP contribution >= 0.6 is 0 Å². The summed E-state index contributed by atoms with van der Waals surface area (Å²) < 4.78 is 31.9. The minimum absolute atomic E-state index is 0.0811. The first-order chi connectivity index (χ1) is 13.0. The number of pyridine rings is 1. The Balaban J connectivity index is 1.66. The Morgan fingerprint density at radius 3 is 2.67 bits per heavy atom. The molecule has 1 unspecified atom stereocenters. The SMILES string of the molecule is N#Cc1ccc2c(c1)C(c1ccc(S(=O)(=O)N3CCOCC3)cn1)C(=O)N2. The molecule has 0 aliphatic carbocycles. The van der Waals surface area contributed by atoms with E-state index in [0.717, 1.165) is 0 Å². The molecule has 4 rings (SSSR count). The lowest BCUT2D eigenvalue weighted by molar-refractivity contribution is -0.116. The van der Waals surface area contributed by atoms with Crippen LogP contribution < -0.4 is 5.32 Å². The number of aromatic nitrogens is 1. The van der Waals surface area contributed by atoms with Crippen molar-refractivity contribution < 1.29 is 17.9 Å². The molecule has 2 aliphatic heterocycles. The van der Waals surface area contributed by atoms with Crippen molar-refractivity contribution in [2.45, 2.75) is 10.8 Å². The number of benzene rings is 1. The number of rotatable bonds is 3. The van der Waals surface area contributed by atoms with Gasteiger partial charge in [0, 0.05) is 25.0 Å². The molecule has 2 aliphatic rings. The molecule has 1 aromatic carbocycles. The molecule has 0 bridgehead atoms. The van der Waals surface area contributed by atoms with Crippen molar-refractivity contribution in [1.82, 2.24) is 9.29 Å². The average molecular weight is 384 g/mol. The first-order valence-corrected chi connectivity index (χ1v) is 9.83. The molecule has 0 saturated carbocycles. The summed E-state index contributed by atoms with van der Waals surface area (Å²) in [7, 11) is -3.64. The highest BCUT2D eigenvalue weighted by molar-refractivity contribution is 7.89. The first kappa shape index (κ1) is 17.6. The highest BCUT2D eigenvalue weighted by Gasteiger charge is 2.34. The number of amides is 1. The number of nitriles is 1. The molecule has 8 nitrogen and oxygen atoms in total. The molecule has 2 aromatic rings. The Labute approximate surface area is 156 Å². The van der Waals surface area contributed by atoms with Crippen LogP contribution in [0.2, 0.25) is 0 Å². The quantitative estimate of drug-likeness (QED) is 0.847. The Kier molecular flexibility index (Phi) is 4.39. The van der Waals surface area contributed by atoms with Crippen LogP contribution in [0.5, 0.6) is 0 Å². The molecule has 1 amide bonds. The lowest BCUT2D eigenvalue weighted by Crippen LogP contribution is -2.40. The summed E-state index contributed by atoms with van der Waals surface area (Å²) in [5.41, 5.74) is 2.18. The molecule has 1 saturated heterocycles. The molecular formula is C18H16N4O4S. The van der Waals surface area contributed by atoms with E-state index in [1.54, 1.807) is 24.3 Å². The monoisotopic (exact) mass is 384 g/mol. The first-order valence-electron chi connectivity index (χ1n) is 8.39. The van der Waals surface area contributed by atoms with E-state index in [2.05, 4.69) is 16.4 Å². The molecule has 1 aromatic heterocycles. The van der Waals surface area contributed by atoms with Gasteiger partial charge in [0.2, 0.25) is 15.9 Å². The zero-order chi connectivity index (χ0) is 19.0. The van der Waals surface area contributed by atoms with Gasteiger partial charge in [-0.25, -0.2) is 8.42 Å². The standard InChI is InChI=1S/C18H16N4O4S/c19-10-12-1-3-15-14(9-12)17(18(23)21-15)16-4-2-13(11-20-16)27(24,25)22-5-7-26-8-6-22/h1-4,9,11,17H,5-8H2,(H,21,23). The predicted molar refractivity (Wildman–Crippen MR) is 95.4 cm³/mol. The highest BCUT2D eigenvalue weighted by atomic mass is 32.2. The van der Waals surface area contributed by atoms with E-state index in [1.807, 2.05) is 0 Å². The summed E-state index contributed by atoms with van der Waals surface area (Å²) in [5.74, 6) is -0.926. The number of anilines is 1. The highest BCUT2D eigenvalue weighted by Crippen LogP contribution is 2.37. The van der Waals surface area contributed by atoms with E-state index >= 15 is 0 Å². The predicted octanol–water partition coefficient (Wildman–Crippen LogP) is 1.06. The van der Waals surface area contributed by atoms with E-state index in [9.17, 15) is 13.2 Å². The summed E-state index contributed by atoms with van der Waals surface area (Å²) in [6.07, 6.45) is 1.28. The van der Waals surface area contributed by atoms with E-state index < -0.39 is 15.9 Å². The van der Waals surface area contributed by atoms with Crippen molar-refractivity contribution in [3.63, 3.8) is 0 Å². The van der Waals surface area contributed by atoms with Crippen LogP contribution in [0.4, 0.5) is 5.69 Å². The van der Waals surface area contributed by atoms with Crippen LogP contribution in [0, 0.1) is 11.3 Å². The lowest BCUT2D eigenvalue weighted by atomic mass is 9.95. The Morgan fingerprint density at radius 2 is 2.00 bits per heavy atom. The van der Waals surface area contributed by atoms with Gasteiger partial charge in [-0.2, -0.15) is 9.57 Å². The van der Waals surface area contributed by atoms with Gasteiger partial charge in [0.15, 0.2) is 0 Å². The number of morpholine rings is 1. The lowest BCUT2D eigenvalue weighted by Gasteiger charge is -2.26. The van der Waals surface area contributed by atoms with Crippen LogP contribution in [-0.4, -0.2) is 49.9 Å². The maximum Gasteiger partial charge on any atom is 0.244 e. The number of carbonyl (C=O) groups excluding carboxylic acids is 1. The largest absolute Gasteiger partial charge is 0.379 e. The Bertz CT molecular complexity index is 1040. The molecule has 27 heavy (non-hydrogen) atoms. The second kappa shape index (κ2) is 6.74. The summed E-state index contributed by atoms with van der Waals surface area (Å²) in [6, 6.07) is 10.0. The van der Waals surface area contributed by atoms with E-state index in [-0.39, 0.29) is 10.8 Å². The van der Waals surface area contributed by atoms with Crippen molar-refractivity contribution in [3.05, 3.63) is 53.3 Å². The molecule has 0 radical (unpaired) electrons. The van der Waals surface area contributed by atoms with Crippen LogP contribution in [0.3, 0.4) is 0 Å². The molecule has 9 heteroatoms. The minimum Gasteiger partial charge on any atom is -0.379 e. The maximum atomic E-state index is 12.7. The number of ether oxygens (including phenoxy) is 1.